The van der Waals surface area contributed by atoms with Crippen molar-refractivity contribution in [2.75, 3.05) is 31.9 Å². The average molecular weight is 330 g/mol. The van der Waals surface area contributed by atoms with Gasteiger partial charge in [0.2, 0.25) is 5.91 Å². The number of likely N-dealkylation sites (tertiary alicyclic amines) is 2. The molecule has 3 fully saturated rings. The van der Waals surface area contributed by atoms with Crippen molar-refractivity contribution in [3.63, 3.8) is 0 Å². The molecular formula is C19H26N2OS. The molecule has 1 amide bonds. The van der Waals surface area contributed by atoms with E-state index in [1.807, 2.05) is 6.07 Å². The Balaban J connectivity index is 1.16. The maximum atomic E-state index is 12.3. The molecular weight excluding hydrogens is 304 g/mol. The van der Waals surface area contributed by atoms with Gasteiger partial charge in [-0.2, -0.15) is 0 Å². The molecule has 2 heterocycles. The second kappa shape index (κ2) is 6.86. The summed E-state index contributed by atoms with van der Waals surface area (Å²) in [5, 5.41) is 0. The number of nitrogens with zero attached hydrogens (tertiary/aromatic N) is 2. The molecule has 2 saturated heterocycles. The summed E-state index contributed by atoms with van der Waals surface area (Å²) in [4.78, 5) is 17.0. The molecule has 1 aromatic carbocycles. The third kappa shape index (κ3) is 3.43. The first-order valence-corrected chi connectivity index (χ1v) is 10.1. The quantitative estimate of drug-likeness (QED) is 0.829. The average Bonchev–Trinajstić information content (AvgIpc) is 3.08. The van der Waals surface area contributed by atoms with Crippen LogP contribution in [0.4, 0.5) is 0 Å². The second-order valence-electron chi connectivity index (χ2n) is 7.34. The largest absolute Gasteiger partial charge is 0.339 e. The number of carbonyl (C=O) groups excluding carboxylic acids is 1. The van der Waals surface area contributed by atoms with Crippen molar-refractivity contribution in [3.8, 4) is 0 Å². The van der Waals surface area contributed by atoms with Crippen LogP contribution in [-0.4, -0.2) is 53.7 Å². The molecule has 0 N–H and O–H groups in total. The van der Waals surface area contributed by atoms with Gasteiger partial charge in [0.05, 0.1) is 5.75 Å². The molecule has 124 valence electrons. The molecule has 4 heteroatoms. The minimum atomic E-state index is 0.321. The van der Waals surface area contributed by atoms with E-state index in [1.165, 1.54) is 37.9 Å². The number of fused-ring (bicyclic) bond motifs is 1. The molecule has 0 spiro atoms. The highest BCUT2D eigenvalue weighted by molar-refractivity contribution is 7.99. The van der Waals surface area contributed by atoms with Crippen molar-refractivity contribution in [1.82, 2.24) is 9.80 Å². The minimum Gasteiger partial charge on any atom is -0.339 e. The summed E-state index contributed by atoms with van der Waals surface area (Å²) in [5.74, 6) is 3.79. The molecule has 3 nitrogen and oxygen atoms in total. The summed E-state index contributed by atoms with van der Waals surface area (Å²) in [7, 11) is 0. The van der Waals surface area contributed by atoms with Gasteiger partial charge in [0.25, 0.3) is 0 Å². The normalized spacial score (nSPS) is 27.9. The molecule has 0 aromatic heterocycles. The zero-order valence-electron chi connectivity index (χ0n) is 13.7. The van der Waals surface area contributed by atoms with E-state index < -0.39 is 0 Å². The second-order valence-corrected chi connectivity index (χ2v) is 8.32. The van der Waals surface area contributed by atoms with Crippen LogP contribution in [0.15, 0.2) is 30.3 Å². The monoisotopic (exact) mass is 330 g/mol. The lowest BCUT2D eigenvalue weighted by molar-refractivity contribution is -0.135. The number of rotatable bonds is 5. The predicted molar refractivity (Wildman–Crippen MR) is 95.4 cm³/mol. The zero-order chi connectivity index (χ0) is 15.6. The summed E-state index contributed by atoms with van der Waals surface area (Å²) < 4.78 is 0. The van der Waals surface area contributed by atoms with E-state index in [0.717, 1.165) is 30.7 Å². The number of amides is 1. The van der Waals surface area contributed by atoms with Gasteiger partial charge in [0, 0.05) is 38.0 Å². The highest BCUT2D eigenvalue weighted by Crippen LogP contribution is 2.39. The number of thioether (sulfide) groups is 1. The molecule has 3 aliphatic rings. The van der Waals surface area contributed by atoms with Crippen molar-refractivity contribution < 1.29 is 4.79 Å². The molecule has 1 aromatic rings. The molecule has 0 bridgehead atoms. The minimum absolute atomic E-state index is 0.321. The van der Waals surface area contributed by atoms with E-state index in [4.69, 9.17) is 0 Å². The highest BCUT2D eigenvalue weighted by Gasteiger charge is 2.42. The van der Waals surface area contributed by atoms with Crippen LogP contribution in [0.1, 0.15) is 24.8 Å². The summed E-state index contributed by atoms with van der Waals surface area (Å²) in [6, 6.07) is 11.0. The summed E-state index contributed by atoms with van der Waals surface area (Å²) in [6.45, 7) is 4.51. The Morgan fingerprint density at radius 1 is 1.04 bits per heavy atom. The first-order chi connectivity index (χ1) is 11.3. The Hall–Kier alpha value is -1.00. The van der Waals surface area contributed by atoms with Gasteiger partial charge < -0.3 is 4.90 Å². The summed E-state index contributed by atoms with van der Waals surface area (Å²) >= 11 is 1.73. The molecule has 23 heavy (non-hydrogen) atoms. The van der Waals surface area contributed by atoms with Crippen LogP contribution < -0.4 is 0 Å². The molecule has 1 aliphatic carbocycles. The molecule has 4 rings (SSSR count). The Kier molecular flexibility index (Phi) is 4.63. The van der Waals surface area contributed by atoms with E-state index in [-0.39, 0.29) is 0 Å². The lowest BCUT2D eigenvalue weighted by Crippen LogP contribution is -2.61. The molecule has 1 saturated carbocycles. The van der Waals surface area contributed by atoms with Crippen LogP contribution in [0, 0.1) is 11.8 Å². The van der Waals surface area contributed by atoms with E-state index >= 15 is 0 Å². The highest BCUT2D eigenvalue weighted by atomic mass is 32.2. The van der Waals surface area contributed by atoms with Gasteiger partial charge in [-0.15, -0.1) is 11.8 Å². The van der Waals surface area contributed by atoms with Gasteiger partial charge in [-0.25, -0.2) is 0 Å². The summed E-state index contributed by atoms with van der Waals surface area (Å²) in [5.41, 5.74) is 1.30. The van der Waals surface area contributed by atoms with Crippen LogP contribution >= 0.6 is 11.8 Å². The van der Waals surface area contributed by atoms with Gasteiger partial charge in [-0.1, -0.05) is 36.8 Å². The van der Waals surface area contributed by atoms with Crippen molar-refractivity contribution in [3.05, 3.63) is 35.9 Å². The van der Waals surface area contributed by atoms with E-state index in [0.29, 0.717) is 17.7 Å². The summed E-state index contributed by atoms with van der Waals surface area (Å²) in [6.07, 6.45) is 4.32. The first kappa shape index (κ1) is 15.5. The van der Waals surface area contributed by atoms with Crippen molar-refractivity contribution in [2.24, 2.45) is 11.8 Å². The fraction of sp³-hybridized carbons (Fsp3) is 0.632. The smallest absolute Gasteiger partial charge is 0.232 e. The van der Waals surface area contributed by atoms with Gasteiger partial charge in [0.1, 0.15) is 0 Å². The Labute approximate surface area is 143 Å². The molecule has 2 atom stereocenters. The van der Waals surface area contributed by atoms with E-state index in [9.17, 15) is 4.79 Å². The maximum absolute atomic E-state index is 12.3. The molecule has 0 radical (unpaired) electrons. The van der Waals surface area contributed by atoms with Crippen LogP contribution in [0.3, 0.4) is 0 Å². The SMILES string of the molecule is O=C(CSCc1ccccc1)N1CC(N2CC3CCCC3C2)C1. The standard InChI is InChI=1S/C19H26N2OS/c22-19(14-23-13-15-5-2-1-3-6-15)21-11-18(12-21)20-9-16-7-4-8-17(16)10-20/h1-3,5-6,16-18H,4,7-14H2. The Morgan fingerprint density at radius 2 is 1.74 bits per heavy atom. The van der Waals surface area contributed by atoms with Crippen LogP contribution in [0.25, 0.3) is 0 Å². The maximum Gasteiger partial charge on any atom is 0.232 e. The molecule has 2 unspecified atom stereocenters. The van der Waals surface area contributed by atoms with Crippen molar-refractivity contribution in [2.45, 2.75) is 31.1 Å². The van der Waals surface area contributed by atoms with Crippen LogP contribution in [0.2, 0.25) is 0 Å². The van der Waals surface area contributed by atoms with E-state index in [2.05, 4.69) is 34.1 Å². The number of hydrogen-bond acceptors (Lipinski definition) is 3. The predicted octanol–water partition coefficient (Wildman–Crippen LogP) is 2.86. The fourth-order valence-corrected chi connectivity index (χ4v) is 5.27. The fourth-order valence-electron chi connectivity index (χ4n) is 4.38. The van der Waals surface area contributed by atoms with Gasteiger partial charge in [-0.05, 0) is 30.2 Å². The van der Waals surface area contributed by atoms with Gasteiger partial charge in [0.15, 0.2) is 0 Å². The number of benzene rings is 1. The van der Waals surface area contributed by atoms with Crippen molar-refractivity contribution >= 4 is 17.7 Å². The van der Waals surface area contributed by atoms with Crippen LogP contribution in [-0.2, 0) is 10.5 Å². The Morgan fingerprint density at radius 3 is 2.43 bits per heavy atom. The van der Waals surface area contributed by atoms with Gasteiger partial charge in [-0.3, -0.25) is 9.69 Å². The number of hydrogen-bond donors (Lipinski definition) is 0. The first-order valence-electron chi connectivity index (χ1n) is 8.93. The van der Waals surface area contributed by atoms with Crippen molar-refractivity contribution in [1.29, 1.82) is 0 Å². The van der Waals surface area contributed by atoms with E-state index in [1.54, 1.807) is 11.8 Å². The lowest BCUT2D eigenvalue weighted by atomic mass is 10.0. The number of carbonyl (C=O) groups is 1. The zero-order valence-corrected chi connectivity index (χ0v) is 14.5. The van der Waals surface area contributed by atoms with Crippen LogP contribution in [0.5, 0.6) is 0 Å². The van der Waals surface area contributed by atoms with Gasteiger partial charge >= 0.3 is 0 Å². The third-order valence-corrected chi connectivity index (χ3v) is 6.81. The lowest BCUT2D eigenvalue weighted by Gasteiger charge is -2.44. The topological polar surface area (TPSA) is 23.6 Å². The third-order valence-electron chi connectivity index (χ3n) is 5.82. The Bertz CT molecular complexity index is 532. The molecule has 2 aliphatic heterocycles.